The molecule has 2 rings (SSSR count). The van der Waals surface area contributed by atoms with Crippen LogP contribution in [0.25, 0.3) is 5.78 Å². The zero-order valence-electron chi connectivity index (χ0n) is 10.4. The summed E-state index contributed by atoms with van der Waals surface area (Å²) in [5.41, 5.74) is 0.630. The van der Waals surface area contributed by atoms with E-state index >= 15 is 0 Å². The smallest absolute Gasteiger partial charge is 0.275 e. The molecule has 0 spiro atoms. The lowest BCUT2D eigenvalue weighted by Gasteiger charge is -2.02. The second kappa shape index (κ2) is 5.12. The lowest BCUT2D eigenvalue weighted by Crippen LogP contribution is -2.15. The van der Waals surface area contributed by atoms with E-state index in [-0.39, 0.29) is 5.56 Å². The molecule has 2 heterocycles. The molecule has 0 saturated carbocycles. The first-order valence-corrected chi connectivity index (χ1v) is 6.14. The highest BCUT2D eigenvalue weighted by atomic mass is 16.1. The van der Waals surface area contributed by atoms with Crippen LogP contribution in [0.5, 0.6) is 0 Å². The van der Waals surface area contributed by atoms with Crippen molar-refractivity contribution in [1.29, 1.82) is 0 Å². The molecule has 5 heteroatoms. The Balaban J connectivity index is 2.21. The molecular formula is C12H18N4O. The topological polar surface area (TPSA) is 52.2 Å². The molecule has 0 bridgehead atoms. The average molecular weight is 234 g/mol. The van der Waals surface area contributed by atoms with Gasteiger partial charge in [0.05, 0.1) is 0 Å². The van der Waals surface area contributed by atoms with E-state index in [0.29, 0.717) is 5.78 Å². The number of fused-ring (bicyclic) bond motifs is 1. The van der Waals surface area contributed by atoms with Crippen LogP contribution in [-0.2, 0) is 6.54 Å². The maximum atomic E-state index is 11.6. The van der Waals surface area contributed by atoms with Crippen molar-refractivity contribution in [1.82, 2.24) is 19.2 Å². The van der Waals surface area contributed by atoms with E-state index < -0.39 is 0 Å². The Morgan fingerprint density at radius 1 is 1.29 bits per heavy atom. The van der Waals surface area contributed by atoms with Gasteiger partial charge >= 0.3 is 0 Å². The van der Waals surface area contributed by atoms with E-state index in [1.165, 1.54) is 29.8 Å². The van der Waals surface area contributed by atoms with Crippen molar-refractivity contribution >= 4 is 5.78 Å². The van der Waals surface area contributed by atoms with Gasteiger partial charge in [0, 0.05) is 18.3 Å². The summed E-state index contributed by atoms with van der Waals surface area (Å²) >= 11 is 0. The summed E-state index contributed by atoms with van der Waals surface area (Å²) in [6, 6.07) is 1.50. The predicted molar refractivity (Wildman–Crippen MR) is 66.1 cm³/mol. The van der Waals surface area contributed by atoms with Crippen LogP contribution in [0.1, 0.15) is 38.3 Å². The maximum absolute atomic E-state index is 11.6. The normalized spacial score (nSPS) is 11.2. The number of nitrogens with zero attached hydrogens (tertiary/aromatic N) is 4. The molecule has 0 aromatic carbocycles. The second-order valence-corrected chi connectivity index (χ2v) is 4.33. The predicted octanol–water partition coefficient (Wildman–Crippen LogP) is 1.78. The van der Waals surface area contributed by atoms with Gasteiger partial charge in [-0.15, -0.1) is 0 Å². The second-order valence-electron chi connectivity index (χ2n) is 4.33. The molecule has 5 nitrogen and oxygen atoms in total. The van der Waals surface area contributed by atoms with E-state index in [1.807, 2.05) is 11.5 Å². The quantitative estimate of drug-likeness (QED) is 0.741. The minimum atomic E-state index is -0.111. The van der Waals surface area contributed by atoms with Crippen LogP contribution in [0.2, 0.25) is 0 Å². The van der Waals surface area contributed by atoms with Crippen molar-refractivity contribution in [3.8, 4) is 0 Å². The van der Waals surface area contributed by atoms with Crippen LogP contribution in [0, 0.1) is 6.92 Å². The molecule has 0 unspecified atom stereocenters. The van der Waals surface area contributed by atoms with E-state index in [1.54, 1.807) is 6.33 Å². The molecule has 0 N–H and O–H groups in total. The Hall–Kier alpha value is -1.65. The van der Waals surface area contributed by atoms with Crippen molar-refractivity contribution in [3.05, 3.63) is 28.4 Å². The summed E-state index contributed by atoms with van der Waals surface area (Å²) in [6.45, 7) is 4.90. The fraction of sp³-hybridized carbons (Fsp3) is 0.583. The Morgan fingerprint density at radius 2 is 2.12 bits per heavy atom. The minimum absolute atomic E-state index is 0.111. The minimum Gasteiger partial charge on any atom is -0.299 e. The molecule has 0 aliphatic carbocycles. The third-order valence-electron chi connectivity index (χ3n) is 2.82. The molecule has 17 heavy (non-hydrogen) atoms. The average Bonchev–Trinajstić information content (AvgIpc) is 2.68. The molecule has 2 aromatic rings. The van der Waals surface area contributed by atoms with E-state index in [2.05, 4.69) is 17.0 Å². The third-order valence-corrected chi connectivity index (χ3v) is 2.82. The van der Waals surface area contributed by atoms with E-state index in [4.69, 9.17) is 0 Å². The van der Waals surface area contributed by atoms with Crippen molar-refractivity contribution < 1.29 is 0 Å². The van der Waals surface area contributed by atoms with Gasteiger partial charge in [0.2, 0.25) is 5.78 Å². The number of aryl methyl sites for hydroxylation is 2. The lowest BCUT2D eigenvalue weighted by atomic mass is 10.2. The van der Waals surface area contributed by atoms with Crippen LogP contribution in [0.3, 0.4) is 0 Å². The molecule has 0 radical (unpaired) electrons. The third kappa shape index (κ3) is 2.54. The van der Waals surface area contributed by atoms with E-state index in [0.717, 1.165) is 18.7 Å². The maximum Gasteiger partial charge on any atom is 0.275 e. The van der Waals surface area contributed by atoms with Gasteiger partial charge in [0.25, 0.3) is 5.56 Å². The van der Waals surface area contributed by atoms with Gasteiger partial charge in [-0.3, -0.25) is 9.36 Å². The summed E-state index contributed by atoms with van der Waals surface area (Å²) in [5.74, 6) is 0.645. The van der Waals surface area contributed by atoms with Gasteiger partial charge in [-0.05, 0) is 13.3 Å². The molecule has 0 aliphatic rings. The summed E-state index contributed by atoms with van der Waals surface area (Å²) in [5, 5.41) is 4.06. The molecule has 0 aliphatic heterocycles. The fourth-order valence-corrected chi connectivity index (χ4v) is 1.90. The van der Waals surface area contributed by atoms with Gasteiger partial charge < -0.3 is 0 Å². The molecule has 0 atom stereocenters. The Kier molecular flexibility index (Phi) is 3.56. The van der Waals surface area contributed by atoms with Gasteiger partial charge in [0.1, 0.15) is 6.33 Å². The van der Waals surface area contributed by atoms with Gasteiger partial charge in [-0.25, -0.2) is 4.98 Å². The molecular weight excluding hydrogens is 216 g/mol. The Morgan fingerprint density at radius 3 is 2.88 bits per heavy atom. The lowest BCUT2D eigenvalue weighted by molar-refractivity contribution is 0.588. The SMILES string of the molecule is CCCCCCn1cnn2c(=O)cc(C)nc12. The summed E-state index contributed by atoms with van der Waals surface area (Å²) < 4.78 is 3.30. The van der Waals surface area contributed by atoms with Crippen LogP contribution in [-0.4, -0.2) is 19.2 Å². The highest BCUT2D eigenvalue weighted by Gasteiger charge is 2.05. The summed E-state index contributed by atoms with van der Waals surface area (Å²) in [6.07, 6.45) is 6.47. The highest BCUT2D eigenvalue weighted by molar-refractivity contribution is 5.28. The van der Waals surface area contributed by atoms with Crippen LogP contribution < -0.4 is 5.56 Å². The zero-order chi connectivity index (χ0) is 12.3. The number of rotatable bonds is 5. The van der Waals surface area contributed by atoms with Crippen LogP contribution >= 0.6 is 0 Å². The number of unbranched alkanes of at least 4 members (excludes halogenated alkanes) is 3. The van der Waals surface area contributed by atoms with Crippen molar-refractivity contribution in [3.63, 3.8) is 0 Å². The monoisotopic (exact) mass is 234 g/mol. The summed E-state index contributed by atoms with van der Waals surface area (Å²) in [7, 11) is 0. The van der Waals surface area contributed by atoms with Crippen LogP contribution in [0.4, 0.5) is 0 Å². The standard InChI is InChI=1S/C12H18N4O/c1-3-4-5-6-7-15-9-13-16-11(17)8-10(2)14-12(15)16/h8-9H,3-7H2,1-2H3. The first-order chi connectivity index (χ1) is 8.22. The van der Waals surface area contributed by atoms with Gasteiger partial charge in [-0.1, -0.05) is 26.2 Å². The zero-order valence-corrected chi connectivity index (χ0v) is 10.4. The number of hydrogen-bond donors (Lipinski definition) is 0. The molecule has 2 aromatic heterocycles. The number of aromatic nitrogens is 4. The molecule has 0 amide bonds. The molecule has 92 valence electrons. The van der Waals surface area contributed by atoms with Crippen molar-refractivity contribution in [2.24, 2.45) is 0 Å². The Labute approximate surface area is 100 Å². The van der Waals surface area contributed by atoms with Crippen molar-refractivity contribution in [2.45, 2.75) is 46.1 Å². The van der Waals surface area contributed by atoms with Crippen LogP contribution in [0.15, 0.2) is 17.2 Å². The van der Waals surface area contributed by atoms with E-state index in [9.17, 15) is 4.79 Å². The first kappa shape index (κ1) is 11.8. The first-order valence-electron chi connectivity index (χ1n) is 6.14. The molecule has 0 fully saturated rings. The summed E-state index contributed by atoms with van der Waals surface area (Å²) in [4.78, 5) is 16.0. The molecule has 0 saturated heterocycles. The van der Waals surface area contributed by atoms with Gasteiger partial charge in [0.15, 0.2) is 0 Å². The van der Waals surface area contributed by atoms with Gasteiger partial charge in [-0.2, -0.15) is 9.61 Å². The largest absolute Gasteiger partial charge is 0.299 e. The van der Waals surface area contributed by atoms with Crippen molar-refractivity contribution in [2.75, 3.05) is 0 Å². The Bertz CT molecular complexity index is 555. The highest BCUT2D eigenvalue weighted by Crippen LogP contribution is 2.04. The fourth-order valence-electron chi connectivity index (χ4n) is 1.90. The number of hydrogen-bond acceptors (Lipinski definition) is 3.